The lowest BCUT2D eigenvalue weighted by Gasteiger charge is -2.38. The van der Waals surface area contributed by atoms with Gasteiger partial charge in [-0.2, -0.15) is 13.2 Å². The number of rotatable bonds is 6. The maximum atomic E-state index is 13.9. The standard InChI is InChI=1S/C26H29F3N2O5/c27-26(28,29)24-20-15-35-14-18(20)12-21(32)23(24)22(33)13-31-8-6-30(7-9-31)5-3-16-1-2-19-17(11-16)4-10-36-25(19)34/h1-2,11,14,22-23,33H,3-10,12-13,15H2. The summed E-state index contributed by atoms with van der Waals surface area (Å²) in [5.74, 6) is -2.48. The molecule has 1 fully saturated rings. The van der Waals surface area contributed by atoms with E-state index in [2.05, 4.69) is 11.0 Å². The number of carbonyl (C=O) groups excluding carboxylic acids is 2. The molecule has 0 amide bonds. The third-order valence-electron chi connectivity index (χ3n) is 7.50. The molecule has 1 aromatic rings. The number of fused-ring (bicyclic) bond motifs is 2. The number of aliphatic hydroxyl groups is 1. The van der Waals surface area contributed by atoms with Gasteiger partial charge in [0, 0.05) is 63.3 Å². The molecule has 2 atom stereocenters. The SMILES string of the molecule is O=C1OCCc2cc(CCN3CCN(CC(O)C4C(=O)CC5=COCC5=C4C(F)(F)F)CC3)ccc21. The van der Waals surface area contributed by atoms with E-state index in [0.717, 1.165) is 43.6 Å². The molecule has 0 bridgehead atoms. The van der Waals surface area contributed by atoms with Crippen LogP contribution in [0.5, 0.6) is 0 Å². The number of hydrogen-bond acceptors (Lipinski definition) is 7. The number of benzene rings is 1. The van der Waals surface area contributed by atoms with Gasteiger partial charge in [0.25, 0.3) is 0 Å². The number of halogens is 3. The number of hydrogen-bond donors (Lipinski definition) is 1. The van der Waals surface area contributed by atoms with E-state index >= 15 is 0 Å². The average Bonchev–Trinajstić information content (AvgIpc) is 3.30. The van der Waals surface area contributed by atoms with Crippen LogP contribution in [0.4, 0.5) is 13.2 Å². The molecule has 0 saturated carbocycles. The predicted molar refractivity (Wildman–Crippen MR) is 123 cm³/mol. The van der Waals surface area contributed by atoms with Crippen molar-refractivity contribution in [2.75, 3.05) is 52.5 Å². The molecule has 1 aliphatic carbocycles. The lowest BCUT2D eigenvalue weighted by Crippen LogP contribution is -2.51. The average molecular weight is 507 g/mol. The number of piperazine rings is 1. The van der Waals surface area contributed by atoms with Crippen LogP contribution >= 0.6 is 0 Å². The second-order valence-corrected chi connectivity index (χ2v) is 9.80. The summed E-state index contributed by atoms with van der Waals surface area (Å²) in [5, 5.41) is 10.8. The van der Waals surface area contributed by atoms with Crippen LogP contribution in [0.15, 0.2) is 41.2 Å². The van der Waals surface area contributed by atoms with Gasteiger partial charge in [-0.05, 0) is 23.6 Å². The van der Waals surface area contributed by atoms with E-state index in [-0.39, 0.29) is 36.7 Å². The van der Waals surface area contributed by atoms with Crippen molar-refractivity contribution in [2.45, 2.75) is 31.5 Å². The molecule has 0 radical (unpaired) electrons. The van der Waals surface area contributed by atoms with Crippen molar-refractivity contribution < 1.29 is 37.3 Å². The van der Waals surface area contributed by atoms with Gasteiger partial charge in [-0.25, -0.2) is 4.79 Å². The predicted octanol–water partition coefficient (Wildman–Crippen LogP) is 2.28. The molecule has 36 heavy (non-hydrogen) atoms. The van der Waals surface area contributed by atoms with Crippen molar-refractivity contribution in [3.8, 4) is 0 Å². The Labute approximate surface area is 207 Å². The summed E-state index contributed by atoms with van der Waals surface area (Å²) in [6.07, 6.45) is -3.52. The number of esters is 1. The molecule has 3 aliphatic heterocycles. The fraction of sp³-hybridized carbons (Fsp3) is 0.538. The molecule has 1 aromatic carbocycles. The lowest BCUT2D eigenvalue weighted by molar-refractivity contribution is -0.135. The van der Waals surface area contributed by atoms with Gasteiger partial charge in [0.05, 0.1) is 36.0 Å². The number of ketones is 1. The number of ether oxygens (including phenoxy) is 2. The van der Waals surface area contributed by atoms with Crippen molar-refractivity contribution in [1.82, 2.24) is 9.80 Å². The molecule has 3 heterocycles. The largest absolute Gasteiger partial charge is 0.496 e. The quantitative estimate of drug-likeness (QED) is 0.593. The number of Topliss-reactive ketones (excluding diaryl/α,β-unsaturated/α-hetero) is 1. The van der Waals surface area contributed by atoms with Crippen LogP contribution in [0.3, 0.4) is 0 Å². The van der Waals surface area contributed by atoms with E-state index in [9.17, 15) is 27.9 Å². The molecule has 10 heteroatoms. The second-order valence-electron chi connectivity index (χ2n) is 9.80. The van der Waals surface area contributed by atoms with Gasteiger partial charge in [0.1, 0.15) is 12.4 Å². The number of carbonyl (C=O) groups is 2. The van der Waals surface area contributed by atoms with E-state index in [1.54, 1.807) is 0 Å². The Morgan fingerprint density at radius 2 is 1.86 bits per heavy atom. The third-order valence-corrected chi connectivity index (χ3v) is 7.50. The Morgan fingerprint density at radius 3 is 2.61 bits per heavy atom. The van der Waals surface area contributed by atoms with Gasteiger partial charge >= 0.3 is 12.1 Å². The zero-order chi connectivity index (χ0) is 25.4. The Morgan fingerprint density at radius 1 is 1.11 bits per heavy atom. The molecule has 1 saturated heterocycles. The first-order chi connectivity index (χ1) is 17.2. The molecule has 2 unspecified atom stereocenters. The highest BCUT2D eigenvalue weighted by atomic mass is 19.4. The van der Waals surface area contributed by atoms with Crippen LogP contribution in [0.1, 0.15) is 27.9 Å². The molecule has 0 aromatic heterocycles. The summed E-state index contributed by atoms with van der Waals surface area (Å²) in [6.45, 7) is 3.65. The first kappa shape index (κ1) is 25.0. The topological polar surface area (TPSA) is 79.3 Å². The molecule has 5 rings (SSSR count). The lowest BCUT2D eigenvalue weighted by atomic mass is 9.76. The molecule has 194 valence electrons. The number of aliphatic hydroxyl groups excluding tert-OH is 1. The minimum absolute atomic E-state index is 0.00459. The second kappa shape index (κ2) is 9.99. The van der Waals surface area contributed by atoms with Gasteiger partial charge in [-0.3, -0.25) is 9.69 Å². The monoisotopic (exact) mass is 506 g/mol. The Balaban J connectivity index is 1.15. The minimum atomic E-state index is -4.71. The molecule has 7 nitrogen and oxygen atoms in total. The normalized spacial score (nSPS) is 24.1. The van der Waals surface area contributed by atoms with Crippen molar-refractivity contribution in [2.24, 2.45) is 5.92 Å². The van der Waals surface area contributed by atoms with E-state index < -0.39 is 29.6 Å². The number of alkyl halides is 3. The first-order valence-electron chi connectivity index (χ1n) is 12.3. The number of nitrogens with zero attached hydrogens (tertiary/aromatic N) is 2. The van der Waals surface area contributed by atoms with Gasteiger partial charge in [-0.15, -0.1) is 0 Å². The smallest absolute Gasteiger partial charge is 0.413 e. The van der Waals surface area contributed by atoms with Crippen LogP contribution in [-0.2, 0) is 27.1 Å². The number of β-amino-alcohol motifs (C(OH)–C–C–N with tert-alkyl or cyclic N) is 1. The van der Waals surface area contributed by atoms with E-state index in [0.29, 0.717) is 25.3 Å². The van der Waals surface area contributed by atoms with E-state index in [4.69, 9.17) is 9.47 Å². The van der Waals surface area contributed by atoms with Crippen LogP contribution in [0.2, 0.25) is 0 Å². The van der Waals surface area contributed by atoms with Crippen LogP contribution in [0, 0.1) is 5.92 Å². The maximum absolute atomic E-state index is 13.9. The van der Waals surface area contributed by atoms with Crippen LogP contribution < -0.4 is 0 Å². The fourth-order valence-corrected chi connectivity index (χ4v) is 5.58. The van der Waals surface area contributed by atoms with Crippen molar-refractivity contribution >= 4 is 11.8 Å². The van der Waals surface area contributed by atoms with Gasteiger partial charge in [-0.1, -0.05) is 12.1 Å². The highest BCUT2D eigenvalue weighted by molar-refractivity contribution is 5.92. The van der Waals surface area contributed by atoms with Crippen molar-refractivity contribution in [1.29, 1.82) is 0 Å². The third kappa shape index (κ3) is 5.07. The highest BCUT2D eigenvalue weighted by Gasteiger charge is 2.50. The van der Waals surface area contributed by atoms with Crippen molar-refractivity contribution in [3.63, 3.8) is 0 Å². The maximum Gasteiger partial charge on any atom is 0.413 e. The van der Waals surface area contributed by atoms with Gasteiger partial charge in [0.2, 0.25) is 0 Å². The minimum Gasteiger partial charge on any atom is -0.496 e. The number of cyclic esters (lactones) is 1. The summed E-state index contributed by atoms with van der Waals surface area (Å²) in [7, 11) is 0. The van der Waals surface area contributed by atoms with E-state index in [1.807, 2.05) is 17.0 Å². The Bertz CT molecular complexity index is 1110. The van der Waals surface area contributed by atoms with Crippen LogP contribution in [-0.4, -0.2) is 91.4 Å². The zero-order valence-electron chi connectivity index (χ0n) is 19.9. The molecule has 4 aliphatic rings. The summed E-state index contributed by atoms with van der Waals surface area (Å²) in [4.78, 5) is 28.6. The van der Waals surface area contributed by atoms with Crippen LogP contribution in [0.25, 0.3) is 0 Å². The zero-order valence-corrected chi connectivity index (χ0v) is 19.9. The summed E-state index contributed by atoms with van der Waals surface area (Å²) in [6, 6.07) is 5.83. The Hall–Kier alpha value is -2.69. The fourth-order valence-electron chi connectivity index (χ4n) is 5.58. The summed E-state index contributed by atoms with van der Waals surface area (Å²) >= 11 is 0. The molecule has 1 N–H and O–H groups in total. The molecular formula is C26H29F3N2O5. The highest BCUT2D eigenvalue weighted by Crippen LogP contribution is 2.44. The molecular weight excluding hydrogens is 477 g/mol. The summed E-state index contributed by atoms with van der Waals surface area (Å²) < 4.78 is 51.8. The Kier molecular flexibility index (Phi) is 6.93. The first-order valence-corrected chi connectivity index (χ1v) is 12.3. The van der Waals surface area contributed by atoms with Gasteiger partial charge < -0.3 is 19.5 Å². The molecule has 0 spiro atoms. The summed E-state index contributed by atoms with van der Waals surface area (Å²) in [5.41, 5.74) is 2.10. The van der Waals surface area contributed by atoms with Gasteiger partial charge in [0.15, 0.2) is 0 Å². The van der Waals surface area contributed by atoms with E-state index in [1.165, 1.54) is 6.26 Å². The van der Waals surface area contributed by atoms with Crippen molar-refractivity contribution in [3.05, 3.63) is 57.9 Å².